The molecule has 0 aromatic heterocycles. The number of anilines is 2. The van der Waals surface area contributed by atoms with Gasteiger partial charge in [0.1, 0.15) is 0 Å². The minimum Gasteiger partial charge on any atom is -0.371 e. The van der Waals surface area contributed by atoms with Gasteiger partial charge in [-0.1, -0.05) is 35.9 Å². The van der Waals surface area contributed by atoms with Crippen molar-refractivity contribution in [3.8, 4) is 0 Å². The molecule has 0 fully saturated rings. The maximum absolute atomic E-state index is 12.1. The lowest BCUT2D eigenvalue weighted by Gasteiger charge is -2.31. The number of para-hydroxylation sites is 1. The van der Waals surface area contributed by atoms with Crippen molar-refractivity contribution in [1.82, 2.24) is 0 Å². The summed E-state index contributed by atoms with van der Waals surface area (Å²) in [4.78, 5) is 14.4. The Morgan fingerprint density at radius 3 is 2.82 bits per heavy atom. The fraction of sp³-hybridized carbons (Fsp3) is 0.316. The molecule has 1 aliphatic rings. The van der Waals surface area contributed by atoms with Gasteiger partial charge in [0.15, 0.2) is 0 Å². The molecule has 0 bridgehead atoms. The van der Waals surface area contributed by atoms with E-state index in [0.717, 1.165) is 31.6 Å². The molecule has 2 aromatic carbocycles. The Hall–Kier alpha value is -2.29. The van der Waals surface area contributed by atoms with Gasteiger partial charge in [-0.05, 0) is 43.5 Å². The van der Waals surface area contributed by atoms with Gasteiger partial charge in [-0.25, -0.2) is 0 Å². The van der Waals surface area contributed by atoms with Gasteiger partial charge in [0.05, 0.1) is 0 Å². The minimum absolute atomic E-state index is 0.0745. The standard InChI is InChI=1S/C19H22N2O/c1-15-9-10-18-16(14-15)6-5-12-21(18)13-11-19(22)20-17-7-3-2-4-8-17/h2-4,7-10,14H,5-6,11-13H2,1H3,(H,20,22). The van der Waals surface area contributed by atoms with Crippen LogP contribution in [0.1, 0.15) is 24.0 Å². The summed E-state index contributed by atoms with van der Waals surface area (Å²) < 4.78 is 0. The van der Waals surface area contributed by atoms with Crippen LogP contribution >= 0.6 is 0 Å². The van der Waals surface area contributed by atoms with Crippen molar-refractivity contribution < 1.29 is 4.79 Å². The molecular weight excluding hydrogens is 272 g/mol. The third kappa shape index (κ3) is 3.48. The molecule has 0 saturated heterocycles. The van der Waals surface area contributed by atoms with Crippen LogP contribution in [0.2, 0.25) is 0 Å². The number of benzene rings is 2. The van der Waals surface area contributed by atoms with Crippen molar-refractivity contribution >= 4 is 17.3 Å². The molecule has 0 saturated carbocycles. The van der Waals surface area contributed by atoms with E-state index in [1.807, 2.05) is 30.3 Å². The summed E-state index contributed by atoms with van der Waals surface area (Å²) in [5.74, 6) is 0.0745. The van der Waals surface area contributed by atoms with Crippen molar-refractivity contribution in [3.63, 3.8) is 0 Å². The highest BCUT2D eigenvalue weighted by atomic mass is 16.1. The van der Waals surface area contributed by atoms with Crippen LogP contribution in [0.3, 0.4) is 0 Å². The summed E-state index contributed by atoms with van der Waals surface area (Å²) in [6.07, 6.45) is 2.82. The molecule has 0 unspecified atom stereocenters. The summed E-state index contributed by atoms with van der Waals surface area (Å²) in [5.41, 5.74) is 4.88. The van der Waals surface area contributed by atoms with E-state index in [1.54, 1.807) is 0 Å². The van der Waals surface area contributed by atoms with Gasteiger partial charge >= 0.3 is 0 Å². The average molecular weight is 294 g/mol. The SMILES string of the molecule is Cc1ccc2c(c1)CCCN2CCC(=O)Nc1ccccc1. The smallest absolute Gasteiger partial charge is 0.226 e. The number of carbonyl (C=O) groups is 1. The molecule has 114 valence electrons. The van der Waals surface area contributed by atoms with Crippen LogP contribution in [-0.2, 0) is 11.2 Å². The van der Waals surface area contributed by atoms with Crippen molar-refractivity contribution in [2.75, 3.05) is 23.3 Å². The highest BCUT2D eigenvalue weighted by molar-refractivity contribution is 5.91. The minimum atomic E-state index is 0.0745. The number of nitrogens with one attached hydrogen (secondary N) is 1. The number of fused-ring (bicyclic) bond motifs is 1. The van der Waals surface area contributed by atoms with E-state index in [1.165, 1.54) is 16.8 Å². The summed E-state index contributed by atoms with van der Waals surface area (Å²) in [6, 6.07) is 16.2. The van der Waals surface area contributed by atoms with E-state index in [4.69, 9.17) is 0 Å². The number of nitrogens with zero attached hydrogens (tertiary/aromatic N) is 1. The highest BCUT2D eigenvalue weighted by Gasteiger charge is 2.17. The zero-order valence-electron chi connectivity index (χ0n) is 13.0. The summed E-state index contributed by atoms with van der Waals surface area (Å²) in [6.45, 7) is 3.94. The van der Waals surface area contributed by atoms with Gasteiger partial charge in [-0.2, -0.15) is 0 Å². The number of amides is 1. The molecule has 1 heterocycles. The van der Waals surface area contributed by atoms with Crippen LogP contribution in [0, 0.1) is 6.92 Å². The van der Waals surface area contributed by atoms with E-state index in [9.17, 15) is 4.79 Å². The lowest BCUT2D eigenvalue weighted by molar-refractivity contribution is -0.116. The predicted molar refractivity (Wildman–Crippen MR) is 91.4 cm³/mol. The lowest BCUT2D eigenvalue weighted by atomic mass is 9.99. The molecule has 22 heavy (non-hydrogen) atoms. The number of carbonyl (C=O) groups excluding carboxylic acids is 1. The fourth-order valence-electron chi connectivity index (χ4n) is 3.02. The average Bonchev–Trinajstić information content (AvgIpc) is 2.53. The molecule has 1 N–H and O–H groups in total. The molecule has 1 amide bonds. The third-order valence-corrected chi connectivity index (χ3v) is 4.12. The van der Waals surface area contributed by atoms with Gasteiger partial charge in [0, 0.05) is 30.9 Å². The van der Waals surface area contributed by atoms with Crippen LogP contribution in [0.15, 0.2) is 48.5 Å². The molecule has 3 heteroatoms. The molecular formula is C19H22N2O. The number of aryl methyl sites for hydroxylation is 2. The van der Waals surface area contributed by atoms with E-state index >= 15 is 0 Å². The Morgan fingerprint density at radius 2 is 2.00 bits per heavy atom. The largest absolute Gasteiger partial charge is 0.371 e. The first-order valence-electron chi connectivity index (χ1n) is 7.92. The van der Waals surface area contributed by atoms with Crippen molar-refractivity contribution in [3.05, 3.63) is 59.7 Å². The maximum atomic E-state index is 12.1. The Morgan fingerprint density at radius 1 is 1.18 bits per heavy atom. The van der Waals surface area contributed by atoms with Gasteiger partial charge in [-0.15, -0.1) is 0 Å². The van der Waals surface area contributed by atoms with Crippen LogP contribution < -0.4 is 10.2 Å². The molecule has 0 aliphatic carbocycles. The molecule has 3 nitrogen and oxygen atoms in total. The third-order valence-electron chi connectivity index (χ3n) is 4.12. The van der Waals surface area contributed by atoms with Crippen molar-refractivity contribution in [1.29, 1.82) is 0 Å². The summed E-state index contributed by atoms with van der Waals surface area (Å²) in [5, 5.41) is 2.95. The first-order chi connectivity index (χ1) is 10.7. The molecule has 0 atom stereocenters. The van der Waals surface area contributed by atoms with Crippen molar-refractivity contribution in [2.24, 2.45) is 0 Å². The quantitative estimate of drug-likeness (QED) is 0.931. The van der Waals surface area contributed by atoms with Crippen molar-refractivity contribution in [2.45, 2.75) is 26.2 Å². The zero-order valence-corrected chi connectivity index (χ0v) is 13.0. The zero-order chi connectivity index (χ0) is 15.4. The van der Waals surface area contributed by atoms with Gasteiger partial charge in [0.2, 0.25) is 5.91 Å². The number of rotatable bonds is 4. The van der Waals surface area contributed by atoms with Crippen LogP contribution in [0.5, 0.6) is 0 Å². The van der Waals surface area contributed by atoms with E-state index < -0.39 is 0 Å². The second-order valence-corrected chi connectivity index (χ2v) is 5.89. The van der Waals surface area contributed by atoms with E-state index in [2.05, 4.69) is 35.3 Å². The highest BCUT2D eigenvalue weighted by Crippen LogP contribution is 2.27. The Balaban J connectivity index is 1.59. The van der Waals surface area contributed by atoms with Crippen LogP contribution in [0.25, 0.3) is 0 Å². The monoisotopic (exact) mass is 294 g/mol. The predicted octanol–water partition coefficient (Wildman–Crippen LogP) is 3.78. The van der Waals surface area contributed by atoms with Gasteiger partial charge in [-0.3, -0.25) is 4.79 Å². The first kappa shape index (κ1) is 14.6. The first-order valence-corrected chi connectivity index (χ1v) is 7.92. The summed E-state index contributed by atoms with van der Waals surface area (Å²) >= 11 is 0. The molecule has 0 radical (unpaired) electrons. The van der Waals surface area contributed by atoms with Gasteiger partial charge in [0.25, 0.3) is 0 Å². The van der Waals surface area contributed by atoms with Gasteiger partial charge < -0.3 is 10.2 Å². The Bertz CT molecular complexity index is 652. The normalized spacial score (nSPS) is 13.6. The summed E-state index contributed by atoms with van der Waals surface area (Å²) in [7, 11) is 0. The number of hydrogen-bond donors (Lipinski definition) is 1. The molecule has 3 rings (SSSR count). The molecule has 2 aromatic rings. The lowest BCUT2D eigenvalue weighted by Crippen LogP contribution is -2.32. The van der Waals surface area contributed by atoms with E-state index in [-0.39, 0.29) is 5.91 Å². The Kier molecular flexibility index (Phi) is 4.42. The fourth-order valence-corrected chi connectivity index (χ4v) is 3.02. The maximum Gasteiger partial charge on any atom is 0.226 e. The topological polar surface area (TPSA) is 32.3 Å². The second-order valence-electron chi connectivity index (χ2n) is 5.89. The molecule has 1 aliphatic heterocycles. The second kappa shape index (κ2) is 6.65. The van der Waals surface area contributed by atoms with Crippen LogP contribution in [-0.4, -0.2) is 19.0 Å². The van der Waals surface area contributed by atoms with Crippen LogP contribution in [0.4, 0.5) is 11.4 Å². The van der Waals surface area contributed by atoms with E-state index in [0.29, 0.717) is 6.42 Å². The molecule has 0 spiro atoms. The number of hydrogen-bond acceptors (Lipinski definition) is 2. The Labute approximate surface area is 132 Å².